The molecular weight excluding hydrogens is 367 g/mol. The second kappa shape index (κ2) is 7.09. The van der Waals surface area contributed by atoms with Gasteiger partial charge in [0.05, 0.1) is 16.8 Å². The third-order valence-corrected chi connectivity index (χ3v) is 3.66. The first-order chi connectivity index (χ1) is 12.8. The van der Waals surface area contributed by atoms with E-state index in [-0.39, 0.29) is 18.1 Å². The molecule has 0 unspecified atom stereocenters. The van der Waals surface area contributed by atoms with Crippen LogP contribution in [0.4, 0.5) is 18.9 Å². The molecule has 0 saturated heterocycles. The maximum Gasteiger partial charge on any atom is 0.422 e. The van der Waals surface area contributed by atoms with Crippen LogP contribution in [0.25, 0.3) is 11.0 Å². The molecule has 0 spiro atoms. The minimum atomic E-state index is -4.49. The smallest absolute Gasteiger partial charge is 0.422 e. The molecule has 0 aromatic carbocycles. The van der Waals surface area contributed by atoms with Crippen molar-refractivity contribution in [3.8, 4) is 5.88 Å². The van der Waals surface area contributed by atoms with E-state index >= 15 is 0 Å². The number of anilines is 1. The number of aryl methyl sites for hydroxylation is 1. The van der Waals surface area contributed by atoms with E-state index in [0.717, 1.165) is 6.07 Å². The second-order valence-corrected chi connectivity index (χ2v) is 5.59. The predicted molar refractivity (Wildman–Crippen MR) is 88.8 cm³/mol. The average Bonchev–Trinajstić information content (AvgIpc) is 2.62. The molecule has 3 aromatic heterocycles. The van der Waals surface area contributed by atoms with Gasteiger partial charge in [0.25, 0.3) is 5.56 Å². The van der Waals surface area contributed by atoms with E-state index in [4.69, 9.17) is 4.74 Å². The zero-order valence-corrected chi connectivity index (χ0v) is 14.0. The topological polar surface area (TPSA) is 102 Å². The van der Waals surface area contributed by atoms with Crippen LogP contribution in [0.5, 0.6) is 5.88 Å². The summed E-state index contributed by atoms with van der Waals surface area (Å²) in [5, 5.41) is 13.2. The molecule has 0 aliphatic rings. The molecule has 8 nitrogen and oxygen atoms in total. The van der Waals surface area contributed by atoms with Crippen molar-refractivity contribution in [3.63, 3.8) is 0 Å². The van der Waals surface area contributed by atoms with Crippen molar-refractivity contribution in [3.05, 3.63) is 52.3 Å². The normalized spacial score (nSPS) is 11.6. The molecule has 3 rings (SSSR count). The highest BCUT2D eigenvalue weighted by atomic mass is 19.4. The van der Waals surface area contributed by atoms with Crippen LogP contribution in [0.2, 0.25) is 0 Å². The average molecular weight is 381 g/mol. The number of pyridine rings is 2. The summed E-state index contributed by atoms with van der Waals surface area (Å²) in [6, 6.07) is 4.24. The maximum absolute atomic E-state index is 12.4. The van der Waals surface area contributed by atoms with E-state index in [1.54, 1.807) is 19.1 Å². The number of halogens is 3. The van der Waals surface area contributed by atoms with Crippen molar-refractivity contribution in [1.29, 1.82) is 0 Å². The van der Waals surface area contributed by atoms with Crippen LogP contribution >= 0.6 is 0 Å². The van der Waals surface area contributed by atoms with Crippen molar-refractivity contribution < 1.29 is 23.1 Å². The molecule has 0 aliphatic carbocycles. The number of rotatable bonds is 5. The van der Waals surface area contributed by atoms with Crippen molar-refractivity contribution in [2.75, 3.05) is 11.9 Å². The number of nitrogens with one attached hydrogen (secondary N) is 1. The second-order valence-electron chi connectivity index (χ2n) is 5.59. The van der Waals surface area contributed by atoms with Crippen LogP contribution in [0, 0.1) is 6.92 Å². The number of ether oxygens (including phenoxy) is 1. The Bertz CT molecular complexity index is 1040. The van der Waals surface area contributed by atoms with Gasteiger partial charge in [-0.25, -0.2) is 15.0 Å². The molecule has 27 heavy (non-hydrogen) atoms. The molecule has 3 heterocycles. The van der Waals surface area contributed by atoms with Crippen LogP contribution in [0.3, 0.4) is 0 Å². The fourth-order valence-corrected chi connectivity index (χ4v) is 2.47. The summed E-state index contributed by atoms with van der Waals surface area (Å²) in [7, 11) is 0. The monoisotopic (exact) mass is 381 g/mol. The highest BCUT2D eigenvalue weighted by Gasteiger charge is 2.29. The minimum Gasteiger partial charge on any atom is -0.468 e. The third kappa shape index (κ3) is 4.07. The highest BCUT2D eigenvalue weighted by Crippen LogP contribution is 2.24. The van der Waals surface area contributed by atoms with Gasteiger partial charge in [0.2, 0.25) is 5.88 Å². The van der Waals surface area contributed by atoms with Crippen LogP contribution in [0.15, 0.2) is 35.5 Å². The molecule has 2 N–H and O–H groups in total. The quantitative estimate of drug-likeness (QED) is 0.654. The molecule has 0 aliphatic heterocycles. The van der Waals surface area contributed by atoms with Crippen molar-refractivity contribution in [2.24, 2.45) is 0 Å². The van der Waals surface area contributed by atoms with Gasteiger partial charge in [0.15, 0.2) is 12.3 Å². The Morgan fingerprint density at radius 2 is 2.07 bits per heavy atom. The largest absolute Gasteiger partial charge is 0.468 e. The van der Waals surface area contributed by atoms with Gasteiger partial charge in [-0.3, -0.25) is 4.79 Å². The lowest BCUT2D eigenvalue weighted by atomic mass is 10.2. The summed E-state index contributed by atoms with van der Waals surface area (Å²) in [5.41, 5.74) is 0.478. The van der Waals surface area contributed by atoms with Gasteiger partial charge in [-0.2, -0.15) is 13.2 Å². The number of hydrogen-bond donors (Lipinski definition) is 2. The Hall–Kier alpha value is -3.37. The van der Waals surface area contributed by atoms with Gasteiger partial charge < -0.3 is 15.3 Å². The molecule has 0 atom stereocenters. The van der Waals surface area contributed by atoms with E-state index in [2.05, 4.69) is 20.3 Å². The molecular formula is C16H14F3N5O3. The Balaban J connectivity index is 1.90. The van der Waals surface area contributed by atoms with Gasteiger partial charge >= 0.3 is 6.18 Å². The Kier molecular flexibility index (Phi) is 4.84. The first-order valence-electron chi connectivity index (χ1n) is 7.70. The van der Waals surface area contributed by atoms with Crippen LogP contribution < -0.4 is 15.6 Å². The van der Waals surface area contributed by atoms with Gasteiger partial charge in [-0.1, -0.05) is 6.07 Å². The number of hydrogen-bond acceptors (Lipinski definition) is 7. The van der Waals surface area contributed by atoms with Gasteiger partial charge in [0, 0.05) is 24.4 Å². The van der Waals surface area contributed by atoms with E-state index in [0.29, 0.717) is 27.1 Å². The number of nitrogens with zero attached hydrogens (tertiary/aromatic N) is 4. The standard InChI is InChI=1S/C16H14F3N5O3/c1-9-13-11(5-12(25)24(26)14(13)23-8-22-9)21-6-10-3-2-4-20-15(10)27-7-16(17,18)19/h2-5,8,21,26H,6-7H2,1H3. The van der Waals surface area contributed by atoms with Gasteiger partial charge in [-0.15, -0.1) is 4.73 Å². The van der Waals surface area contributed by atoms with Gasteiger partial charge in [0.1, 0.15) is 6.33 Å². The zero-order valence-electron chi connectivity index (χ0n) is 14.0. The summed E-state index contributed by atoms with van der Waals surface area (Å²) < 4.78 is 42.3. The van der Waals surface area contributed by atoms with Crippen LogP contribution in [-0.2, 0) is 6.54 Å². The first-order valence-corrected chi connectivity index (χ1v) is 7.70. The summed E-state index contributed by atoms with van der Waals surface area (Å²) in [6.45, 7) is 0.231. The Labute approximate surface area is 150 Å². The lowest BCUT2D eigenvalue weighted by molar-refractivity contribution is -0.154. The first kappa shape index (κ1) is 18.4. The Morgan fingerprint density at radius 3 is 2.81 bits per heavy atom. The maximum atomic E-state index is 12.4. The van der Waals surface area contributed by atoms with E-state index in [9.17, 15) is 23.2 Å². The summed E-state index contributed by atoms with van der Waals surface area (Å²) in [5.74, 6) is -0.171. The van der Waals surface area contributed by atoms with Crippen LogP contribution in [0.1, 0.15) is 11.3 Å². The summed E-state index contributed by atoms with van der Waals surface area (Å²) in [4.78, 5) is 23.6. The van der Waals surface area contributed by atoms with Crippen molar-refractivity contribution >= 4 is 16.7 Å². The molecule has 3 aromatic rings. The third-order valence-electron chi connectivity index (χ3n) is 3.66. The summed E-state index contributed by atoms with van der Waals surface area (Å²) in [6.07, 6.45) is -1.97. The van der Waals surface area contributed by atoms with Crippen molar-refractivity contribution in [2.45, 2.75) is 19.6 Å². The highest BCUT2D eigenvalue weighted by molar-refractivity contribution is 5.90. The number of alkyl halides is 3. The fourth-order valence-electron chi connectivity index (χ4n) is 2.47. The lowest BCUT2D eigenvalue weighted by Crippen LogP contribution is -2.21. The molecule has 0 radical (unpaired) electrons. The summed E-state index contributed by atoms with van der Waals surface area (Å²) >= 11 is 0. The predicted octanol–water partition coefficient (Wildman–Crippen LogP) is 2.29. The number of aromatic nitrogens is 4. The van der Waals surface area contributed by atoms with E-state index in [1.165, 1.54) is 12.5 Å². The fraction of sp³-hybridized carbons (Fsp3) is 0.250. The molecule has 0 fully saturated rings. The molecule has 0 saturated carbocycles. The lowest BCUT2D eigenvalue weighted by Gasteiger charge is -2.14. The van der Waals surface area contributed by atoms with Crippen LogP contribution in [-0.4, -0.2) is 37.7 Å². The molecule has 0 bridgehead atoms. The Morgan fingerprint density at radius 1 is 1.30 bits per heavy atom. The number of fused-ring (bicyclic) bond motifs is 1. The molecule has 11 heteroatoms. The SMILES string of the molecule is Cc1ncnc2c1c(NCc1cccnc1OCC(F)(F)F)cc(=O)n2O. The molecule has 0 amide bonds. The molecule has 142 valence electrons. The minimum absolute atomic E-state index is 0.0113. The van der Waals surface area contributed by atoms with E-state index < -0.39 is 18.3 Å². The zero-order chi connectivity index (χ0) is 19.6. The van der Waals surface area contributed by atoms with Gasteiger partial charge in [-0.05, 0) is 13.0 Å². The van der Waals surface area contributed by atoms with Crippen molar-refractivity contribution in [1.82, 2.24) is 19.7 Å². The van der Waals surface area contributed by atoms with E-state index in [1.807, 2.05) is 0 Å².